The summed E-state index contributed by atoms with van der Waals surface area (Å²) in [7, 11) is 0. The molecule has 100 valence electrons. The van der Waals surface area contributed by atoms with Gasteiger partial charge in [-0.05, 0) is 38.3 Å². The van der Waals surface area contributed by atoms with Crippen LogP contribution in [0.1, 0.15) is 31.9 Å². The van der Waals surface area contributed by atoms with E-state index in [0.29, 0.717) is 11.4 Å². The summed E-state index contributed by atoms with van der Waals surface area (Å²) < 4.78 is 0. The molecule has 1 aromatic heterocycles. The normalized spacial score (nSPS) is 16.5. The van der Waals surface area contributed by atoms with Crippen LogP contribution in [-0.4, -0.2) is 34.9 Å². The Bertz CT molecular complexity index is 488. The van der Waals surface area contributed by atoms with E-state index in [-0.39, 0.29) is 11.9 Å². The first-order chi connectivity index (χ1) is 9.22. The summed E-state index contributed by atoms with van der Waals surface area (Å²) in [5.41, 5.74) is 0.934. The molecule has 1 N–H and O–H groups in total. The van der Waals surface area contributed by atoms with E-state index in [0.717, 1.165) is 25.9 Å². The molecule has 5 nitrogen and oxygen atoms in total. The minimum absolute atomic E-state index is 0.0902. The highest BCUT2D eigenvalue weighted by Gasteiger charge is 2.22. The molecule has 1 atom stereocenters. The molecule has 2 heterocycles. The van der Waals surface area contributed by atoms with Crippen molar-refractivity contribution >= 4 is 11.6 Å². The first kappa shape index (κ1) is 13.3. The molecule has 0 bridgehead atoms. The van der Waals surface area contributed by atoms with Crippen molar-refractivity contribution in [2.75, 3.05) is 18.4 Å². The highest BCUT2D eigenvalue weighted by molar-refractivity contribution is 5.84. The second-order valence-corrected chi connectivity index (χ2v) is 4.76. The number of likely N-dealkylation sites (tertiary alicyclic amines) is 1. The maximum atomic E-state index is 12.3. The summed E-state index contributed by atoms with van der Waals surface area (Å²) in [6.45, 7) is 3.50. The van der Waals surface area contributed by atoms with Crippen LogP contribution in [0.2, 0.25) is 0 Å². The monoisotopic (exact) mass is 258 g/mol. The van der Waals surface area contributed by atoms with Crippen molar-refractivity contribution in [1.82, 2.24) is 9.88 Å². The zero-order valence-corrected chi connectivity index (χ0v) is 11.1. The summed E-state index contributed by atoms with van der Waals surface area (Å²) in [4.78, 5) is 18.1. The Kier molecular flexibility index (Phi) is 4.35. The number of aromatic nitrogens is 1. The molecule has 1 unspecified atom stereocenters. The number of nitrogens with one attached hydrogen (secondary N) is 1. The Balaban J connectivity index is 2.02. The first-order valence-electron chi connectivity index (χ1n) is 6.63. The lowest BCUT2D eigenvalue weighted by Gasteiger charge is -2.29. The summed E-state index contributed by atoms with van der Waals surface area (Å²) in [6, 6.07) is 5.20. The smallest absolute Gasteiger partial charge is 0.244 e. The van der Waals surface area contributed by atoms with Gasteiger partial charge in [-0.15, -0.1) is 0 Å². The fourth-order valence-corrected chi connectivity index (χ4v) is 2.29. The number of amides is 1. The largest absolute Gasteiger partial charge is 0.372 e. The highest BCUT2D eigenvalue weighted by atomic mass is 16.2. The van der Waals surface area contributed by atoms with E-state index in [1.807, 2.05) is 17.9 Å². The van der Waals surface area contributed by atoms with Crippen LogP contribution in [0.25, 0.3) is 0 Å². The zero-order valence-electron chi connectivity index (χ0n) is 11.1. The fraction of sp³-hybridized carbons (Fsp3) is 0.500. The number of pyridine rings is 1. The predicted molar refractivity (Wildman–Crippen MR) is 72.5 cm³/mol. The maximum absolute atomic E-state index is 12.3. The number of hydrogen-bond donors (Lipinski definition) is 1. The van der Waals surface area contributed by atoms with E-state index in [2.05, 4.69) is 10.3 Å². The van der Waals surface area contributed by atoms with Crippen LogP contribution < -0.4 is 5.32 Å². The Hall–Kier alpha value is -2.09. The Morgan fingerprint density at radius 1 is 1.47 bits per heavy atom. The molecule has 0 aromatic carbocycles. The van der Waals surface area contributed by atoms with Gasteiger partial charge in [-0.2, -0.15) is 5.26 Å². The fourth-order valence-electron chi connectivity index (χ4n) is 2.29. The molecule has 2 rings (SSSR count). The minimum Gasteiger partial charge on any atom is -0.372 e. The molecule has 0 saturated carbocycles. The standard InChI is InChI=1S/C14H18N4O/c1-11(14(19)18-8-3-2-4-9-18)17-12-6-5-7-16-13(12)10-15/h5-7,11,17H,2-4,8-9H2,1H3. The quantitative estimate of drug-likeness (QED) is 0.897. The molecular weight excluding hydrogens is 240 g/mol. The molecule has 1 aliphatic heterocycles. The highest BCUT2D eigenvalue weighted by Crippen LogP contribution is 2.15. The van der Waals surface area contributed by atoms with E-state index in [4.69, 9.17) is 5.26 Å². The van der Waals surface area contributed by atoms with Crippen molar-refractivity contribution in [1.29, 1.82) is 5.26 Å². The van der Waals surface area contributed by atoms with Crippen LogP contribution in [0.3, 0.4) is 0 Å². The number of carbonyl (C=O) groups excluding carboxylic acids is 1. The van der Waals surface area contributed by atoms with Crippen molar-refractivity contribution in [2.24, 2.45) is 0 Å². The van der Waals surface area contributed by atoms with Gasteiger partial charge in [0, 0.05) is 19.3 Å². The number of carbonyl (C=O) groups is 1. The van der Waals surface area contributed by atoms with Crippen LogP contribution in [0, 0.1) is 11.3 Å². The van der Waals surface area contributed by atoms with Gasteiger partial charge in [-0.25, -0.2) is 4.98 Å². The van der Waals surface area contributed by atoms with E-state index >= 15 is 0 Å². The summed E-state index contributed by atoms with van der Waals surface area (Å²) >= 11 is 0. The van der Waals surface area contributed by atoms with Gasteiger partial charge in [0.15, 0.2) is 5.69 Å². The topological polar surface area (TPSA) is 69.0 Å². The zero-order chi connectivity index (χ0) is 13.7. The molecule has 0 spiro atoms. The van der Waals surface area contributed by atoms with Gasteiger partial charge >= 0.3 is 0 Å². The van der Waals surface area contributed by atoms with E-state index in [9.17, 15) is 4.79 Å². The lowest BCUT2D eigenvalue weighted by Crippen LogP contribution is -2.44. The summed E-state index contributed by atoms with van der Waals surface area (Å²) in [5.74, 6) is 0.0902. The van der Waals surface area contributed by atoms with Gasteiger partial charge in [0.05, 0.1) is 5.69 Å². The minimum atomic E-state index is -0.339. The van der Waals surface area contributed by atoms with Crippen molar-refractivity contribution in [2.45, 2.75) is 32.2 Å². The molecule has 0 radical (unpaired) electrons. The van der Waals surface area contributed by atoms with E-state index < -0.39 is 0 Å². The molecule has 1 aliphatic rings. The van der Waals surface area contributed by atoms with Crippen LogP contribution in [0.4, 0.5) is 5.69 Å². The first-order valence-corrected chi connectivity index (χ1v) is 6.63. The van der Waals surface area contributed by atoms with Crippen molar-refractivity contribution in [3.8, 4) is 6.07 Å². The molecule has 0 aliphatic carbocycles. The summed E-state index contributed by atoms with van der Waals surface area (Å²) in [5, 5.41) is 12.1. The number of piperidine rings is 1. The second kappa shape index (κ2) is 6.19. The van der Waals surface area contributed by atoms with Crippen molar-refractivity contribution in [3.63, 3.8) is 0 Å². The van der Waals surface area contributed by atoms with Crippen LogP contribution in [0.5, 0.6) is 0 Å². The lowest BCUT2D eigenvalue weighted by atomic mass is 10.1. The van der Waals surface area contributed by atoms with Gasteiger partial charge in [0.2, 0.25) is 5.91 Å². The van der Waals surface area contributed by atoms with Crippen LogP contribution >= 0.6 is 0 Å². The average Bonchev–Trinajstić information content (AvgIpc) is 2.48. The molecule has 1 fully saturated rings. The summed E-state index contributed by atoms with van der Waals surface area (Å²) in [6.07, 6.45) is 4.93. The van der Waals surface area contributed by atoms with Gasteiger partial charge in [-0.1, -0.05) is 0 Å². The van der Waals surface area contributed by atoms with Crippen LogP contribution in [-0.2, 0) is 4.79 Å². The number of nitriles is 1. The maximum Gasteiger partial charge on any atom is 0.244 e. The van der Waals surface area contributed by atoms with Crippen molar-refractivity contribution in [3.05, 3.63) is 24.0 Å². The number of rotatable bonds is 3. The molecule has 1 amide bonds. The number of nitrogens with zero attached hydrogens (tertiary/aromatic N) is 3. The molecule has 19 heavy (non-hydrogen) atoms. The Labute approximate surface area is 113 Å². The molecule has 5 heteroatoms. The predicted octanol–water partition coefficient (Wildman–Crippen LogP) is 1.77. The third-order valence-corrected chi connectivity index (χ3v) is 3.32. The third kappa shape index (κ3) is 3.22. The molecule has 1 saturated heterocycles. The number of hydrogen-bond acceptors (Lipinski definition) is 4. The van der Waals surface area contributed by atoms with Crippen LogP contribution in [0.15, 0.2) is 18.3 Å². The van der Waals surface area contributed by atoms with Crippen molar-refractivity contribution < 1.29 is 4.79 Å². The third-order valence-electron chi connectivity index (χ3n) is 3.32. The number of anilines is 1. The second-order valence-electron chi connectivity index (χ2n) is 4.76. The lowest BCUT2D eigenvalue weighted by molar-refractivity contribution is -0.132. The van der Waals surface area contributed by atoms with E-state index in [1.165, 1.54) is 6.42 Å². The van der Waals surface area contributed by atoms with Gasteiger partial charge < -0.3 is 10.2 Å². The average molecular weight is 258 g/mol. The molecule has 1 aromatic rings. The van der Waals surface area contributed by atoms with Gasteiger partial charge in [-0.3, -0.25) is 4.79 Å². The Morgan fingerprint density at radius 2 is 2.21 bits per heavy atom. The SMILES string of the molecule is CC(Nc1cccnc1C#N)C(=O)N1CCCCC1. The molecular formula is C14H18N4O. The van der Waals surface area contributed by atoms with E-state index in [1.54, 1.807) is 18.3 Å². The van der Waals surface area contributed by atoms with Gasteiger partial charge in [0.25, 0.3) is 0 Å². The van der Waals surface area contributed by atoms with Gasteiger partial charge in [0.1, 0.15) is 12.1 Å². The Morgan fingerprint density at radius 3 is 2.89 bits per heavy atom.